The lowest BCUT2D eigenvalue weighted by atomic mass is 10.1. The van der Waals surface area contributed by atoms with E-state index in [1.807, 2.05) is 0 Å². The Kier molecular flexibility index (Phi) is 2.29. The highest BCUT2D eigenvalue weighted by Crippen LogP contribution is 2.17. The summed E-state index contributed by atoms with van der Waals surface area (Å²) in [4.78, 5) is 11.9. The molecule has 0 spiro atoms. The number of carbonyl (C=O) groups is 1. The van der Waals surface area contributed by atoms with Crippen molar-refractivity contribution in [2.45, 2.75) is 6.92 Å². The minimum Gasteiger partial charge on any atom is -0.458 e. The van der Waals surface area contributed by atoms with Gasteiger partial charge in [0.25, 0.3) is 0 Å². The number of carbonyl (C=O) groups excluding carboxylic acids is 1. The average Bonchev–Trinajstić information content (AvgIpc) is 2.65. The zero-order valence-corrected chi connectivity index (χ0v) is 8.36. The Hall–Kier alpha value is -2.03. The number of furan rings is 1. The molecular formula is C12H11NO2. The first-order valence-corrected chi connectivity index (χ1v) is 4.64. The van der Waals surface area contributed by atoms with Gasteiger partial charge < -0.3 is 10.2 Å². The van der Waals surface area contributed by atoms with E-state index in [4.69, 9.17) is 10.2 Å². The molecule has 1 aromatic heterocycles. The van der Waals surface area contributed by atoms with Crippen molar-refractivity contribution in [2.75, 3.05) is 5.73 Å². The van der Waals surface area contributed by atoms with Crippen LogP contribution in [-0.4, -0.2) is 5.78 Å². The lowest BCUT2D eigenvalue weighted by molar-refractivity contribution is 0.101. The van der Waals surface area contributed by atoms with Crippen molar-refractivity contribution in [3.05, 3.63) is 53.5 Å². The molecule has 2 rings (SSSR count). The van der Waals surface area contributed by atoms with Crippen molar-refractivity contribution in [2.24, 2.45) is 0 Å². The smallest absolute Gasteiger partial charge is 0.230 e. The summed E-state index contributed by atoms with van der Waals surface area (Å²) in [5.74, 6) is 0.861. The van der Waals surface area contributed by atoms with Gasteiger partial charge in [0, 0.05) is 11.3 Å². The second kappa shape index (κ2) is 3.61. The molecule has 1 heterocycles. The van der Waals surface area contributed by atoms with Gasteiger partial charge in [-0.2, -0.15) is 0 Å². The predicted octanol–water partition coefficient (Wildman–Crippen LogP) is 2.40. The maximum Gasteiger partial charge on any atom is 0.230 e. The van der Waals surface area contributed by atoms with E-state index in [0.717, 1.165) is 0 Å². The Morgan fingerprint density at radius 2 is 1.93 bits per heavy atom. The van der Waals surface area contributed by atoms with Crippen LogP contribution in [0.15, 0.2) is 40.8 Å². The van der Waals surface area contributed by atoms with Crippen molar-refractivity contribution < 1.29 is 9.21 Å². The van der Waals surface area contributed by atoms with Gasteiger partial charge in [0.1, 0.15) is 5.76 Å². The van der Waals surface area contributed by atoms with Gasteiger partial charge in [0.05, 0.1) is 0 Å². The maximum absolute atomic E-state index is 11.9. The number of benzene rings is 1. The number of hydrogen-bond acceptors (Lipinski definition) is 3. The van der Waals surface area contributed by atoms with E-state index in [1.54, 1.807) is 43.3 Å². The molecule has 0 amide bonds. The molecule has 2 N–H and O–H groups in total. The van der Waals surface area contributed by atoms with E-state index in [2.05, 4.69) is 0 Å². The predicted molar refractivity (Wildman–Crippen MR) is 57.7 cm³/mol. The molecule has 15 heavy (non-hydrogen) atoms. The summed E-state index contributed by atoms with van der Waals surface area (Å²) in [6.07, 6.45) is 0. The quantitative estimate of drug-likeness (QED) is 0.599. The zero-order chi connectivity index (χ0) is 10.8. The Labute approximate surface area is 87.5 Å². The van der Waals surface area contributed by atoms with Crippen LogP contribution in [0.25, 0.3) is 0 Å². The number of nitrogens with two attached hydrogens (primary N) is 1. The molecule has 0 atom stereocenters. The van der Waals surface area contributed by atoms with Crippen LogP contribution in [0.1, 0.15) is 21.9 Å². The lowest BCUT2D eigenvalue weighted by Gasteiger charge is -2.01. The topological polar surface area (TPSA) is 56.2 Å². The SMILES string of the molecule is Cc1ccc(C(=O)c2ccccc2N)o1. The Morgan fingerprint density at radius 3 is 2.53 bits per heavy atom. The fourth-order valence-corrected chi connectivity index (χ4v) is 1.39. The van der Waals surface area contributed by atoms with Crippen LogP contribution in [0.2, 0.25) is 0 Å². The van der Waals surface area contributed by atoms with Crippen LogP contribution in [-0.2, 0) is 0 Å². The molecule has 0 aliphatic heterocycles. The number of hydrogen-bond donors (Lipinski definition) is 1. The summed E-state index contributed by atoms with van der Waals surface area (Å²) in [6.45, 7) is 1.80. The lowest BCUT2D eigenvalue weighted by Crippen LogP contribution is -2.03. The third-order valence-corrected chi connectivity index (χ3v) is 2.17. The van der Waals surface area contributed by atoms with Crippen LogP contribution in [0.5, 0.6) is 0 Å². The van der Waals surface area contributed by atoms with Gasteiger partial charge in [-0.3, -0.25) is 4.79 Å². The van der Waals surface area contributed by atoms with E-state index in [0.29, 0.717) is 22.8 Å². The molecule has 0 saturated carbocycles. The van der Waals surface area contributed by atoms with E-state index in [1.165, 1.54) is 0 Å². The summed E-state index contributed by atoms with van der Waals surface area (Å²) >= 11 is 0. The van der Waals surface area contributed by atoms with Gasteiger partial charge in [-0.05, 0) is 31.2 Å². The fraction of sp³-hybridized carbons (Fsp3) is 0.0833. The minimum atomic E-state index is -0.179. The van der Waals surface area contributed by atoms with Crippen molar-refractivity contribution in [3.63, 3.8) is 0 Å². The van der Waals surface area contributed by atoms with Crippen molar-refractivity contribution in [1.29, 1.82) is 0 Å². The summed E-state index contributed by atoms with van der Waals surface area (Å²) in [7, 11) is 0. The molecule has 3 heteroatoms. The first-order valence-electron chi connectivity index (χ1n) is 4.64. The number of anilines is 1. The van der Waals surface area contributed by atoms with Gasteiger partial charge >= 0.3 is 0 Å². The second-order valence-electron chi connectivity index (χ2n) is 3.33. The van der Waals surface area contributed by atoms with Crippen LogP contribution < -0.4 is 5.73 Å². The highest BCUT2D eigenvalue weighted by molar-refractivity contribution is 6.10. The summed E-state index contributed by atoms with van der Waals surface area (Å²) in [5, 5.41) is 0. The first kappa shape index (κ1) is 9.52. The van der Waals surface area contributed by atoms with Crippen LogP contribution >= 0.6 is 0 Å². The van der Waals surface area contributed by atoms with Crippen LogP contribution in [0.4, 0.5) is 5.69 Å². The normalized spacial score (nSPS) is 10.2. The molecule has 0 bridgehead atoms. The fourth-order valence-electron chi connectivity index (χ4n) is 1.39. The molecule has 0 fully saturated rings. The molecule has 0 aliphatic carbocycles. The molecule has 0 aliphatic rings. The van der Waals surface area contributed by atoms with Crippen molar-refractivity contribution in [3.8, 4) is 0 Å². The van der Waals surface area contributed by atoms with E-state index in [-0.39, 0.29) is 5.78 Å². The minimum absolute atomic E-state index is 0.179. The average molecular weight is 201 g/mol. The van der Waals surface area contributed by atoms with E-state index < -0.39 is 0 Å². The largest absolute Gasteiger partial charge is 0.458 e. The number of nitrogen functional groups attached to an aromatic ring is 1. The number of aryl methyl sites for hydroxylation is 1. The molecule has 0 saturated heterocycles. The third kappa shape index (κ3) is 1.76. The van der Waals surface area contributed by atoms with E-state index in [9.17, 15) is 4.79 Å². The maximum atomic E-state index is 11.9. The first-order chi connectivity index (χ1) is 7.18. The molecule has 76 valence electrons. The number of rotatable bonds is 2. The highest BCUT2D eigenvalue weighted by Gasteiger charge is 2.14. The Balaban J connectivity index is 2.41. The summed E-state index contributed by atoms with van der Waals surface area (Å²) < 4.78 is 5.25. The molecule has 0 unspecified atom stereocenters. The Bertz CT molecular complexity index is 500. The third-order valence-electron chi connectivity index (χ3n) is 2.17. The zero-order valence-electron chi connectivity index (χ0n) is 8.36. The van der Waals surface area contributed by atoms with Gasteiger partial charge in [0.2, 0.25) is 5.78 Å². The van der Waals surface area contributed by atoms with Gasteiger partial charge in [-0.25, -0.2) is 0 Å². The van der Waals surface area contributed by atoms with Gasteiger partial charge in [-0.1, -0.05) is 12.1 Å². The van der Waals surface area contributed by atoms with Gasteiger partial charge in [0.15, 0.2) is 5.76 Å². The molecule has 3 nitrogen and oxygen atoms in total. The monoisotopic (exact) mass is 201 g/mol. The Morgan fingerprint density at radius 1 is 1.20 bits per heavy atom. The number of ketones is 1. The van der Waals surface area contributed by atoms with Gasteiger partial charge in [-0.15, -0.1) is 0 Å². The molecular weight excluding hydrogens is 190 g/mol. The van der Waals surface area contributed by atoms with E-state index >= 15 is 0 Å². The standard InChI is InChI=1S/C12H11NO2/c1-8-6-7-11(15-8)12(14)9-4-2-3-5-10(9)13/h2-7H,13H2,1H3. The molecule has 1 aromatic carbocycles. The van der Waals surface area contributed by atoms with Crippen molar-refractivity contribution >= 4 is 11.5 Å². The van der Waals surface area contributed by atoms with Crippen LogP contribution in [0, 0.1) is 6.92 Å². The second-order valence-corrected chi connectivity index (χ2v) is 3.33. The summed E-state index contributed by atoms with van der Waals surface area (Å²) in [5.41, 5.74) is 6.65. The molecule has 2 aromatic rings. The van der Waals surface area contributed by atoms with Crippen LogP contribution in [0.3, 0.4) is 0 Å². The highest BCUT2D eigenvalue weighted by atomic mass is 16.3. The van der Waals surface area contributed by atoms with Crippen molar-refractivity contribution in [1.82, 2.24) is 0 Å². The summed E-state index contributed by atoms with van der Waals surface area (Å²) in [6, 6.07) is 10.4. The number of para-hydroxylation sites is 1. The molecule has 0 radical (unpaired) electrons.